The van der Waals surface area contributed by atoms with Gasteiger partial charge in [-0.05, 0) is 5.56 Å². The minimum atomic E-state index is -1.10. The fourth-order valence-corrected chi connectivity index (χ4v) is 1.49. The molecule has 0 fully saturated rings. The maximum atomic E-state index is 11.8. The molecule has 0 aromatic heterocycles. The van der Waals surface area contributed by atoms with Crippen molar-refractivity contribution in [2.24, 2.45) is 0 Å². The van der Waals surface area contributed by atoms with E-state index in [1.807, 2.05) is 36.4 Å². The number of hydrogen-bond acceptors (Lipinski definition) is 3. The number of carboxylic acid groups (broad SMARTS) is 1. The fourth-order valence-electron chi connectivity index (χ4n) is 1.49. The normalized spacial score (nSPS) is 9.42. The number of benzene rings is 1. The van der Waals surface area contributed by atoms with E-state index < -0.39 is 18.5 Å². The van der Waals surface area contributed by atoms with Crippen LogP contribution < -0.4 is 5.32 Å². The molecule has 2 amide bonds. The van der Waals surface area contributed by atoms with E-state index in [2.05, 4.69) is 5.32 Å². The first-order valence-corrected chi connectivity index (χ1v) is 5.79. The lowest BCUT2D eigenvalue weighted by Gasteiger charge is -2.19. The summed E-state index contributed by atoms with van der Waals surface area (Å²) in [6, 6.07) is 10.7. The summed E-state index contributed by atoms with van der Waals surface area (Å²) in [6.45, 7) is 0.00801. The molecule has 0 radical (unpaired) electrons. The summed E-state index contributed by atoms with van der Waals surface area (Å²) in [5.41, 5.74) is 0.923. The summed E-state index contributed by atoms with van der Waals surface area (Å²) in [5, 5.41) is 19.8. The third kappa shape index (κ3) is 5.55. The van der Waals surface area contributed by atoms with Crippen LogP contribution in [0.3, 0.4) is 0 Å². The van der Waals surface area contributed by atoms with E-state index >= 15 is 0 Å². The van der Waals surface area contributed by atoms with E-state index in [1.165, 1.54) is 0 Å². The van der Waals surface area contributed by atoms with E-state index in [4.69, 9.17) is 10.4 Å². The van der Waals surface area contributed by atoms with Gasteiger partial charge in [-0.25, -0.2) is 4.79 Å². The molecule has 6 heteroatoms. The third-order valence-corrected chi connectivity index (χ3v) is 2.39. The Hall–Kier alpha value is -2.55. The summed E-state index contributed by atoms with van der Waals surface area (Å²) < 4.78 is 0. The number of carboxylic acids is 1. The molecular weight excluding hydrogens is 246 g/mol. The monoisotopic (exact) mass is 261 g/mol. The number of nitrogens with zero attached hydrogens (tertiary/aromatic N) is 2. The molecule has 0 saturated heterocycles. The zero-order chi connectivity index (χ0) is 14.1. The lowest BCUT2D eigenvalue weighted by molar-refractivity contribution is -0.137. The molecule has 0 aliphatic carbocycles. The van der Waals surface area contributed by atoms with Gasteiger partial charge in [0.2, 0.25) is 0 Å². The van der Waals surface area contributed by atoms with E-state index in [0.717, 1.165) is 10.5 Å². The van der Waals surface area contributed by atoms with Crippen molar-refractivity contribution >= 4 is 12.0 Å². The smallest absolute Gasteiger partial charge is 0.323 e. The molecule has 0 aliphatic rings. The van der Waals surface area contributed by atoms with Crippen LogP contribution >= 0.6 is 0 Å². The number of nitrogens with one attached hydrogen (secondary N) is 1. The zero-order valence-corrected chi connectivity index (χ0v) is 10.4. The zero-order valence-electron chi connectivity index (χ0n) is 10.4. The van der Waals surface area contributed by atoms with E-state index in [0.29, 0.717) is 6.54 Å². The quantitative estimate of drug-likeness (QED) is 0.804. The van der Waals surface area contributed by atoms with Gasteiger partial charge in [0.1, 0.15) is 6.54 Å². The number of carbonyl (C=O) groups is 2. The minimum absolute atomic E-state index is 0.101. The Balaban J connectivity index is 2.51. The van der Waals surface area contributed by atoms with Gasteiger partial charge in [-0.15, -0.1) is 0 Å². The number of urea groups is 1. The van der Waals surface area contributed by atoms with Crippen LogP contribution in [-0.2, 0) is 11.3 Å². The van der Waals surface area contributed by atoms with Crippen molar-refractivity contribution < 1.29 is 14.7 Å². The SMILES string of the molecule is N#CCCN(CC(=O)O)C(=O)NCc1ccccc1. The first-order valence-electron chi connectivity index (χ1n) is 5.79. The van der Waals surface area contributed by atoms with E-state index in [9.17, 15) is 9.59 Å². The summed E-state index contributed by atoms with van der Waals surface area (Å²) in [7, 11) is 0. The molecule has 19 heavy (non-hydrogen) atoms. The second-order valence-electron chi connectivity index (χ2n) is 3.87. The highest BCUT2D eigenvalue weighted by molar-refractivity contribution is 5.80. The van der Waals surface area contributed by atoms with E-state index in [1.54, 1.807) is 0 Å². The van der Waals surface area contributed by atoms with Crippen molar-refractivity contribution in [1.82, 2.24) is 10.2 Å². The van der Waals surface area contributed by atoms with Gasteiger partial charge >= 0.3 is 12.0 Å². The van der Waals surface area contributed by atoms with Crippen LogP contribution in [0.25, 0.3) is 0 Å². The first-order chi connectivity index (χ1) is 9.13. The van der Waals surface area contributed by atoms with Crippen LogP contribution in [0, 0.1) is 11.3 Å². The molecule has 0 heterocycles. The molecule has 0 spiro atoms. The maximum absolute atomic E-state index is 11.8. The summed E-state index contributed by atoms with van der Waals surface area (Å²) in [6.07, 6.45) is 0.103. The predicted molar refractivity (Wildman–Crippen MR) is 68.1 cm³/mol. The van der Waals surface area contributed by atoms with Crippen LogP contribution in [0.2, 0.25) is 0 Å². The summed E-state index contributed by atoms with van der Waals surface area (Å²) in [5.74, 6) is -1.10. The molecule has 6 nitrogen and oxygen atoms in total. The van der Waals surface area contributed by atoms with Crippen LogP contribution in [0.5, 0.6) is 0 Å². The van der Waals surface area contributed by atoms with Crippen molar-refractivity contribution in [2.45, 2.75) is 13.0 Å². The average molecular weight is 261 g/mol. The van der Waals surface area contributed by atoms with Crippen LogP contribution in [0.4, 0.5) is 4.79 Å². The molecule has 0 unspecified atom stereocenters. The Morgan fingerprint density at radius 3 is 2.58 bits per heavy atom. The molecule has 0 aliphatic heterocycles. The van der Waals surface area contributed by atoms with Gasteiger partial charge in [-0.1, -0.05) is 30.3 Å². The standard InChI is InChI=1S/C13H15N3O3/c14-7-4-8-16(10-12(17)18)13(19)15-9-11-5-2-1-3-6-11/h1-3,5-6H,4,8-10H2,(H,15,19)(H,17,18). The van der Waals surface area contributed by atoms with Gasteiger partial charge in [-0.3, -0.25) is 4.79 Å². The lowest BCUT2D eigenvalue weighted by atomic mass is 10.2. The topological polar surface area (TPSA) is 93.4 Å². The Kier molecular flexibility index (Phi) is 5.89. The van der Waals surface area contributed by atoms with Crippen LogP contribution in [0.1, 0.15) is 12.0 Å². The third-order valence-electron chi connectivity index (χ3n) is 2.39. The fraction of sp³-hybridized carbons (Fsp3) is 0.308. The molecular formula is C13H15N3O3. The molecule has 2 N–H and O–H groups in total. The van der Waals surface area contributed by atoms with Gasteiger partial charge < -0.3 is 15.3 Å². The summed E-state index contributed by atoms with van der Waals surface area (Å²) in [4.78, 5) is 23.6. The molecule has 1 rings (SSSR count). The van der Waals surface area contributed by atoms with Gasteiger partial charge in [0.05, 0.1) is 12.5 Å². The maximum Gasteiger partial charge on any atom is 0.323 e. The highest BCUT2D eigenvalue weighted by atomic mass is 16.4. The predicted octanol–water partition coefficient (Wildman–Crippen LogP) is 1.20. The van der Waals surface area contributed by atoms with Gasteiger partial charge in [0.25, 0.3) is 0 Å². The Morgan fingerprint density at radius 1 is 1.32 bits per heavy atom. The second kappa shape index (κ2) is 7.71. The van der Waals surface area contributed by atoms with Crippen molar-refractivity contribution in [1.29, 1.82) is 5.26 Å². The number of hydrogen-bond donors (Lipinski definition) is 2. The second-order valence-corrected chi connectivity index (χ2v) is 3.87. The number of carbonyl (C=O) groups excluding carboxylic acids is 1. The molecule has 0 saturated carbocycles. The van der Waals surface area contributed by atoms with Crippen LogP contribution in [-0.4, -0.2) is 35.1 Å². The van der Waals surface area contributed by atoms with Gasteiger partial charge in [0.15, 0.2) is 0 Å². The number of aliphatic carboxylic acids is 1. The molecule has 0 atom stereocenters. The molecule has 100 valence electrons. The van der Waals surface area contributed by atoms with Crippen molar-refractivity contribution in [3.63, 3.8) is 0 Å². The highest BCUT2D eigenvalue weighted by Gasteiger charge is 2.15. The van der Waals surface area contributed by atoms with Gasteiger partial charge in [-0.2, -0.15) is 5.26 Å². The first kappa shape index (κ1) is 14.5. The number of nitriles is 1. The largest absolute Gasteiger partial charge is 0.480 e. The lowest BCUT2D eigenvalue weighted by Crippen LogP contribution is -2.42. The van der Waals surface area contributed by atoms with E-state index in [-0.39, 0.29) is 13.0 Å². The molecule has 1 aromatic rings. The van der Waals surface area contributed by atoms with Gasteiger partial charge in [0, 0.05) is 13.1 Å². The Bertz CT molecular complexity index is 468. The average Bonchev–Trinajstić information content (AvgIpc) is 2.41. The van der Waals surface area contributed by atoms with Crippen molar-refractivity contribution in [3.05, 3.63) is 35.9 Å². The van der Waals surface area contributed by atoms with Crippen molar-refractivity contribution in [3.8, 4) is 6.07 Å². The number of amides is 2. The highest BCUT2D eigenvalue weighted by Crippen LogP contribution is 1.99. The molecule has 0 bridgehead atoms. The Labute approximate surface area is 111 Å². The van der Waals surface area contributed by atoms with Crippen LogP contribution in [0.15, 0.2) is 30.3 Å². The summed E-state index contributed by atoms with van der Waals surface area (Å²) >= 11 is 0. The Morgan fingerprint density at radius 2 is 2.00 bits per heavy atom. The van der Waals surface area contributed by atoms with Crippen molar-refractivity contribution in [2.75, 3.05) is 13.1 Å². The molecule has 1 aromatic carbocycles. The minimum Gasteiger partial charge on any atom is -0.480 e. The number of rotatable bonds is 6.